The van der Waals surface area contributed by atoms with Crippen molar-refractivity contribution in [2.24, 2.45) is 10.9 Å². The zero-order valence-corrected chi connectivity index (χ0v) is 13.1. The third-order valence-corrected chi connectivity index (χ3v) is 5.45. The average Bonchev–Trinajstić information content (AvgIpc) is 2.91. The second-order valence-corrected chi connectivity index (χ2v) is 7.01. The highest BCUT2D eigenvalue weighted by molar-refractivity contribution is 7.89. The summed E-state index contributed by atoms with van der Waals surface area (Å²) >= 11 is 0.950. The molecule has 1 aromatic heterocycles. The molecule has 0 amide bonds. The van der Waals surface area contributed by atoms with Crippen LogP contribution >= 0.6 is 11.7 Å². The van der Waals surface area contributed by atoms with Gasteiger partial charge in [0.1, 0.15) is 15.9 Å². The lowest BCUT2D eigenvalue weighted by Crippen LogP contribution is -2.42. The summed E-state index contributed by atoms with van der Waals surface area (Å²) in [5.41, 5.74) is 6.30. The minimum absolute atomic E-state index is 0.0631. The number of sulfonamides is 1. The topological polar surface area (TPSA) is 122 Å². The highest BCUT2D eigenvalue weighted by atomic mass is 32.2. The van der Waals surface area contributed by atoms with Crippen molar-refractivity contribution in [2.45, 2.75) is 24.8 Å². The number of oxime groups is 1. The van der Waals surface area contributed by atoms with E-state index < -0.39 is 10.0 Å². The Morgan fingerprint density at radius 1 is 1.48 bits per heavy atom. The van der Waals surface area contributed by atoms with Crippen LogP contribution in [-0.4, -0.2) is 45.1 Å². The van der Waals surface area contributed by atoms with E-state index in [1.165, 1.54) is 6.07 Å². The molecule has 0 spiro atoms. The fourth-order valence-corrected chi connectivity index (χ4v) is 4.21. The summed E-state index contributed by atoms with van der Waals surface area (Å²) in [5, 5.41) is 11.5. The third-order valence-electron chi connectivity index (χ3n) is 2.86. The molecule has 0 saturated carbocycles. The van der Waals surface area contributed by atoms with Crippen molar-refractivity contribution in [3.8, 4) is 0 Å². The third kappa shape index (κ3) is 2.96. The van der Waals surface area contributed by atoms with Gasteiger partial charge in [-0.05, 0) is 26.0 Å². The quantitative estimate of drug-likeness (QED) is 0.363. The van der Waals surface area contributed by atoms with Crippen LogP contribution in [0, 0.1) is 0 Å². The molecule has 21 heavy (non-hydrogen) atoms. The molecule has 10 heteroatoms. The summed E-state index contributed by atoms with van der Waals surface area (Å²) in [4.78, 5) is 0.0631. The second kappa shape index (κ2) is 5.92. The Kier molecular flexibility index (Phi) is 4.40. The fourth-order valence-electron chi connectivity index (χ4n) is 1.85. The number of benzene rings is 1. The second-order valence-electron chi connectivity index (χ2n) is 4.62. The molecule has 0 fully saturated rings. The van der Waals surface area contributed by atoms with E-state index in [1.807, 2.05) is 0 Å². The lowest BCUT2D eigenvalue weighted by atomic mass is 10.3. The first-order chi connectivity index (χ1) is 9.87. The van der Waals surface area contributed by atoms with Crippen LogP contribution in [0.25, 0.3) is 11.0 Å². The van der Waals surface area contributed by atoms with E-state index >= 15 is 0 Å². The molecule has 1 aromatic carbocycles. The van der Waals surface area contributed by atoms with Gasteiger partial charge in [-0.25, -0.2) is 8.42 Å². The van der Waals surface area contributed by atoms with E-state index in [1.54, 1.807) is 26.0 Å². The Bertz CT molecular complexity index is 769. The van der Waals surface area contributed by atoms with Gasteiger partial charge in [-0.15, -0.1) is 0 Å². The molecule has 0 bridgehead atoms. The molecule has 1 heterocycles. The van der Waals surface area contributed by atoms with Crippen LogP contribution in [0.1, 0.15) is 13.8 Å². The van der Waals surface area contributed by atoms with E-state index in [0.29, 0.717) is 11.0 Å². The lowest BCUT2D eigenvalue weighted by Gasteiger charge is -2.25. The molecule has 0 saturated heterocycles. The van der Waals surface area contributed by atoms with Gasteiger partial charge < -0.3 is 10.9 Å². The number of aromatic nitrogens is 2. The summed E-state index contributed by atoms with van der Waals surface area (Å²) in [5.74, 6) is -0.184. The average molecular weight is 329 g/mol. The zero-order chi connectivity index (χ0) is 15.6. The number of amidine groups is 1. The van der Waals surface area contributed by atoms with Gasteiger partial charge in [-0.3, -0.25) is 0 Å². The molecule has 0 aliphatic carbocycles. The van der Waals surface area contributed by atoms with Gasteiger partial charge in [0, 0.05) is 6.04 Å². The van der Waals surface area contributed by atoms with Gasteiger partial charge in [-0.2, -0.15) is 13.1 Å². The Hall–Kier alpha value is -1.78. The van der Waals surface area contributed by atoms with Crippen molar-refractivity contribution in [2.75, 3.05) is 6.54 Å². The van der Waals surface area contributed by atoms with Gasteiger partial charge in [0.25, 0.3) is 0 Å². The summed E-state index contributed by atoms with van der Waals surface area (Å²) in [6.45, 7) is 3.22. The van der Waals surface area contributed by atoms with Crippen molar-refractivity contribution in [1.29, 1.82) is 0 Å². The Morgan fingerprint density at radius 2 is 2.19 bits per heavy atom. The highest BCUT2D eigenvalue weighted by Gasteiger charge is 2.30. The van der Waals surface area contributed by atoms with Gasteiger partial charge in [0.05, 0.1) is 18.3 Å². The highest BCUT2D eigenvalue weighted by Crippen LogP contribution is 2.25. The summed E-state index contributed by atoms with van der Waals surface area (Å²) in [6.07, 6.45) is 0. The molecule has 8 nitrogen and oxygen atoms in total. The molecule has 114 valence electrons. The van der Waals surface area contributed by atoms with Crippen molar-refractivity contribution in [3.05, 3.63) is 18.2 Å². The minimum Gasteiger partial charge on any atom is -0.409 e. The molecule has 3 N–H and O–H groups in total. The van der Waals surface area contributed by atoms with E-state index in [4.69, 9.17) is 10.9 Å². The Morgan fingerprint density at radius 3 is 2.81 bits per heavy atom. The maximum Gasteiger partial charge on any atom is 0.245 e. The molecule has 0 aliphatic heterocycles. The van der Waals surface area contributed by atoms with Crippen LogP contribution in [0.2, 0.25) is 0 Å². The molecule has 2 rings (SSSR count). The Balaban J connectivity index is 2.55. The molecule has 2 aromatic rings. The smallest absolute Gasteiger partial charge is 0.245 e. The number of fused-ring (bicyclic) bond motifs is 1. The predicted octanol–water partition coefficient (Wildman–Crippen LogP) is 0.837. The predicted molar refractivity (Wildman–Crippen MR) is 79.9 cm³/mol. The van der Waals surface area contributed by atoms with Gasteiger partial charge >= 0.3 is 0 Å². The summed E-state index contributed by atoms with van der Waals surface area (Å²) in [6, 6.07) is 4.41. The maximum atomic E-state index is 12.8. The van der Waals surface area contributed by atoms with Gasteiger partial charge in [0.2, 0.25) is 10.0 Å². The minimum atomic E-state index is -3.84. The van der Waals surface area contributed by atoms with E-state index in [-0.39, 0.29) is 23.3 Å². The van der Waals surface area contributed by atoms with Crippen molar-refractivity contribution in [1.82, 2.24) is 13.1 Å². The van der Waals surface area contributed by atoms with Crippen LogP contribution in [0.15, 0.2) is 28.3 Å². The lowest BCUT2D eigenvalue weighted by molar-refractivity contribution is 0.312. The first-order valence-electron chi connectivity index (χ1n) is 6.07. The van der Waals surface area contributed by atoms with E-state index in [9.17, 15) is 8.42 Å². The van der Waals surface area contributed by atoms with E-state index in [2.05, 4.69) is 13.9 Å². The number of nitrogens with zero attached hydrogens (tertiary/aromatic N) is 4. The van der Waals surface area contributed by atoms with Crippen molar-refractivity contribution >= 4 is 38.6 Å². The van der Waals surface area contributed by atoms with Crippen LogP contribution in [-0.2, 0) is 10.0 Å². The van der Waals surface area contributed by atoms with Crippen molar-refractivity contribution in [3.63, 3.8) is 0 Å². The molecule has 0 radical (unpaired) electrons. The first-order valence-corrected chi connectivity index (χ1v) is 8.24. The largest absolute Gasteiger partial charge is 0.409 e. The molecule has 0 aliphatic rings. The van der Waals surface area contributed by atoms with Crippen LogP contribution in [0.4, 0.5) is 0 Å². The fraction of sp³-hybridized carbons (Fsp3) is 0.364. The van der Waals surface area contributed by atoms with E-state index in [0.717, 1.165) is 16.0 Å². The molecular weight excluding hydrogens is 314 g/mol. The SMILES string of the molecule is CC(C)N(CC(N)=NO)S(=O)(=O)c1cccc2nsnc12. The van der Waals surface area contributed by atoms with Crippen LogP contribution in [0.5, 0.6) is 0 Å². The van der Waals surface area contributed by atoms with Crippen LogP contribution in [0.3, 0.4) is 0 Å². The first kappa shape index (κ1) is 15.6. The monoisotopic (exact) mass is 329 g/mol. The summed E-state index contributed by atoms with van der Waals surface area (Å²) in [7, 11) is -3.84. The normalized spacial score (nSPS) is 13.4. The zero-order valence-electron chi connectivity index (χ0n) is 11.5. The number of hydrogen-bond acceptors (Lipinski definition) is 7. The molecule has 0 atom stereocenters. The molecule has 0 unspecified atom stereocenters. The van der Waals surface area contributed by atoms with Gasteiger partial charge in [0.15, 0.2) is 5.84 Å². The summed E-state index contributed by atoms with van der Waals surface area (Å²) < 4.78 is 34.8. The molecular formula is C11H15N5O3S2. The maximum absolute atomic E-state index is 12.8. The van der Waals surface area contributed by atoms with Crippen LogP contribution < -0.4 is 5.73 Å². The number of hydrogen-bond donors (Lipinski definition) is 2. The van der Waals surface area contributed by atoms with Crippen molar-refractivity contribution < 1.29 is 13.6 Å². The van der Waals surface area contributed by atoms with Gasteiger partial charge in [-0.1, -0.05) is 11.2 Å². The number of nitrogens with two attached hydrogens (primary N) is 1. The Labute approximate surface area is 126 Å². The standard InChI is InChI=1S/C11H15N5O3S2/c1-7(2)16(6-10(12)13-17)21(18,19)9-5-3-4-8-11(9)15-20-14-8/h3-5,7,17H,6H2,1-2H3,(H2,12,13). The number of rotatable bonds is 5.